The highest BCUT2D eigenvalue weighted by molar-refractivity contribution is 7.69. The fraction of sp³-hybridized carbons (Fsp3) is 0.167. The van der Waals surface area contributed by atoms with Crippen molar-refractivity contribution < 1.29 is 23.8 Å². The van der Waals surface area contributed by atoms with Crippen molar-refractivity contribution in [3.63, 3.8) is 0 Å². The number of carbonyl (C=O) groups is 2. The number of carbonyl (C=O) groups excluding carboxylic acids is 2. The molecule has 4 rings (SSSR count). The number of phenols is 1. The van der Waals surface area contributed by atoms with Crippen molar-refractivity contribution in [2.75, 3.05) is 11.9 Å². The summed E-state index contributed by atoms with van der Waals surface area (Å²) in [6.45, 7) is 1.25. The van der Waals surface area contributed by atoms with E-state index >= 15 is 0 Å². The standard InChI is InChI=1S/C24H22NO5P/c1-16(26)14-24(21(28)15-25-17-10-12-18(27)13-11-17)31(29)23-9-5-3-7-20(23)19-6-2-4-8-22(19)30-31/h2-13,24-25,27H,14-15H2,1H3. The highest BCUT2D eigenvalue weighted by atomic mass is 31.2. The summed E-state index contributed by atoms with van der Waals surface area (Å²) in [5, 5.41) is 12.8. The van der Waals surface area contributed by atoms with Gasteiger partial charge in [0.15, 0.2) is 5.78 Å². The van der Waals surface area contributed by atoms with Crippen LogP contribution >= 0.6 is 7.37 Å². The first-order chi connectivity index (χ1) is 14.9. The zero-order valence-electron chi connectivity index (χ0n) is 16.9. The van der Waals surface area contributed by atoms with Crippen LogP contribution in [0.5, 0.6) is 11.5 Å². The molecule has 6 nitrogen and oxygen atoms in total. The Morgan fingerprint density at radius 1 is 0.968 bits per heavy atom. The molecule has 0 bridgehead atoms. The number of anilines is 1. The molecule has 0 saturated heterocycles. The third-order valence-corrected chi connectivity index (χ3v) is 8.07. The van der Waals surface area contributed by atoms with Crippen LogP contribution in [0.4, 0.5) is 5.69 Å². The second kappa shape index (κ2) is 8.40. The third kappa shape index (κ3) is 4.12. The van der Waals surface area contributed by atoms with Crippen LogP contribution in [0.15, 0.2) is 72.8 Å². The molecule has 1 heterocycles. The molecule has 0 aromatic heterocycles. The summed E-state index contributed by atoms with van der Waals surface area (Å²) in [5.74, 6) is -0.0574. The molecule has 158 valence electrons. The first-order valence-electron chi connectivity index (χ1n) is 9.92. The lowest BCUT2D eigenvalue weighted by atomic mass is 10.0. The fourth-order valence-corrected chi connectivity index (χ4v) is 6.56. The van der Waals surface area contributed by atoms with Crippen LogP contribution in [-0.4, -0.2) is 28.9 Å². The van der Waals surface area contributed by atoms with Crippen LogP contribution in [0.1, 0.15) is 13.3 Å². The van der Waals surface area contributed by atoms with E-state index in [2.05, 4.69) is 5.32 Å². The van der Waals surface area contributed by atoms with E-state index in [-0.39, 0.29) is 30.3 Å². The summed E-state index contributed by atoms with van der Waals surface area (Å²) in [7, 11) is -3.74. The molecule has 2 unspecified atom stereocenters. The first kappa shape index (κ1) is 20.9. The van der Waals surface area contributed by atoms with E-state index < -0.39 is 13.0 Å². The number of rotatable bonds is 7. The molecule has 0 fully saturated rings. The van der Waals surface area contributed by atoms with Crippen molar-refractivity contribution in [3.05, 3.63) is 72.8 Å². The maximum atomic E-state index is 14.3. The molecule has 2 N–H and O–H groups in total. The lowest BCUT2D eigenvalue weighted by molar-refractivity contribution is -0.122. The molecule has 7 heteroatoms. The minimum Gasteiger partial charge on any atom is -0.508 e. The average molecular weight is 435 g/mol. The Morgan fingerprint density at radius 2 is 1.61 bits per heavy atom. The van der Waals surface area contributed by atoms with Gasteiger partial charge in [0.2, 0.25) is 0 Å². The monoisotopic (exact) mass is 435 g/mol. The number of nitrogens with one attached hydrogen (secondary N) is 1. The predicted molar refractivity (Wildman–Crippen MR) is 120 cm³/mol. The number of ketones is 2. The Bertz CT molecular complexity index is 1190. The second-order valence-corrected chi connectivity index (χ2v) is 9.97. The number of hydrogen-bond donors (Lipinski definition) is 2. The molecule has 0 saturated carbocycles. The maximum absolute atomic E-state index is 14.3. The molecule has 0 aliphatic carbocycles. The SMILES string of the molecule is CC(=O)CC(C(=O)CNc1ccc(O)cc1)P1(=O)Oc2ccccc2-c2ccccc21. The van der Waals surface area contributed by atoms with Gasteiger partial charge in [0.05, 0.1) is 11.8 Å². The van der Waals surface area contributed by atoms with E-state index in [9.17, 15) is 19.3 Å². The van der Waals surface area contributed by atoms with Gasteiger partial charge in [-0.15, -0.1) is 0 Å². The van der Waals surface area contributed by atoms with Gasteiger partial charge in [-0.25, -0.2) is 0 Å². The van der Waals surface area contributed by atoms with Gasteiger partial charge >= 0.3 is 0 Å². The minimum absolute atomic E-state index is 0.113. The lowest BCUT2D eigenvalue weighted by Gasteiger charge is -2.33. The number of fused-ring (bicyclic) bond motifs is 3. The molecule has 1 aliphatic rings. The zero-order valence-corrected chi connectivity index (χ0v) is 17.8. The second-order valence-electron chi connectivity index (χ2n) is 7.49. The smallest absolute Gasteiger partial charge is 0.288 e. The van der Waals surface area contributed by atoms with Gasteiger partial charge < -0.3 is 14.9 Å². The van der Waals surface area contributed by atoms with Crippen LogP contribution in [0, 0.1) is 0 Å². The Labute approximate surface area is 180 Å². The van der Waals surface area contributed by atoms with Gasteiger partial charge in [0.1, 0.15) is 22.9 Å². The number of aromatic hydroxyl groups is 1. The van der Waals surface area contributed by atoms with Gasteiger partial charge in [-0.2, -0.15) is 0 Å². The van der Waals surface area contributed by atoms with Gasteiger partial charge in [-0.3, -0.25) is 14.2 Å². The summed E-state index contributed by atoms with van der Waals surface area (Å²) in [4.78, 5) is 25.3. The number of Topliss-reactive ketones (excluding diaryl/α,β-unsaturated/α-hetero) is 2. The van der Waals surface area contributed by atoms with E-state index in [1.54, 1.807) is 36.4 Å². The Morgan fingerprint density at radius 3 is 2.32 bits per heavy atom. The normalized spacial score (nSPS) is 17.6. The molecular weight excluding hydrogens is 413 g/mol. The molecule has 3 aromatic carbocycles. The Kier molecular flexibility index (Phi) is 5.66. The fourth-order valence-electron chi connectivity index (χ4n) is 3.75. The molecule has 3 aromatic rings. The van der Waals surface area contributed by atoms with Gasteiger partial charge in [0, 0.05) is 17.7 Å². The molecule has 0 spiro atoms. The van der Waals surface area contributed by atoms with Crippen molar-refractivity contribution in [1.82, 2.24) is 0 Å². The van der Waals surface area contributed by atoms with Gasteiger partial charge in [-0.1, -0.05) is 36.4 Å². The quantitative estimate of drug-likeness (QED) is 0.423. The summed E-state index contributed by atoms with van der Waals surface area (Å²) in [6.07, 6.45) is -0.177. The summed E-state index contributed by atoms with van der Waals surface area (Å²) in [6, 6.07) is 20.7. The Balaban J connectivity index is 1.70. The van der Waals surface area contributed by atoms with E-state index in [4.69, 9.17) is 4.52 Å². The first-order valence-corrected chi connectivity index (χ1v) is 11.6. The van der Waals surface area contributed by atoms with Crippen molar-refractivity contribution in [1.29, 1.82) is 0 Å². The van der Waals surface area contributed by atoms with Gasteiger partial charge in [0.25, 0.3) is 7.37 Å². The van der Waals surface area contributed by atoms with E-state index in [1.165, 1.54) is 19.1 Å². The van der Waals surface area contributed by atoms with Crippen molar-refractivity contribution in [2.24, 2.45) is 0 Å². The van der Waals surface area contributed by atoms with E-state index in [0.717, 1.165) is 11.1 Å². The van der Waals surface area contributed by atoms with Crippen LogP contribution in [-0.2, 0) is 14.2 Å². The molecular formula is C24H22NO5P. The topological polar surface area (TPSA) is 92.7 Å². The highest BCUT2D eigenvalue weighted by Gasteiger charge is 2.46. The van der Waals surface area contributed by atoms with E-state index in [0.29, 0.717) is 16.7 Å². The Hall–Kier alpha value is -3.37. The molecule has 0 radical (unpaired) electrons. The van der Waals surface area contributed by atoms with Crippen LogP contribution < -0.4 is 15.1 Å². The van der Waals surface area contributed by atoms with Crippen LogP contribution in [0.3, 0.4) is 0 Å². The molecule has 2 atom stereocenters. The van der Waals surface area contributed by atoms with Crippen molar-refractivity contribution in [2.45, 2.75) is 19.0 Å². The van der Waals surface area contributed by atoms with Crippen LogP contribution in [0.2, 0.25) is 0 Å². The largest absolute Gasteiger partial charge is 0.508 e. The minimum atomic E-state index is -3.74. The van der Waals surface area contributed by atoms with Gasteiger partial charge in [-0.05, 0) is 48.9 Å². The number of phenolic OH excluding ortho intramolecular Hbond substituents is 1. The molecule has 1 aliphatic heterocycles. The summed E-state index contributed by atoms with van der Waals surface area (Å²) in [5.41, 5.74) is 1.08. The summed E-state index contributed by atoms with van der Waals surface area (Å²) < 4.78 is 20.3. The van der Waals surface area contributed by atoms with Crippen molar-refractivity contribution >= 4 is 29.9 Å². The zero-order chi connectivity index (χ0) is 22.0. The van der Waals surface area contributed by atoms with Crippen LogP contribution in [0.25, 0.3) is 11.1 Å². The number of para-hydroxylation sites is 1. The third-order valence-electron chi connectivity index (χ3n) is 5.25. The maximum Gasteiger partial charge on any atom is 0.288 e. The number of benzene rings is 3. The average Bonchev–Trinajstić information content (AvgIpc) is 2.77. The lowest BCUT2D eigenvalue weighted by Crippen LogP contribution is -2.36. The number of hydrogen-bond acceptors (Lipinski definition) is 6. The highest BCUT2D eigenvalue weighted by Crippen LogP contribution is 2.58. The summed E-state index contributed by atoms with van der Waals surface area (Å²) >= 11 is 0. The van der Waals surface area contributed by atoms with Crippen molar-refractivity contribution in [3.8, 4) is 22.6 Å². The van der Waals surface area contributed by atoms with E-state index in [1.807, 2.05) is 24.3 Å². The predicted octanol–water partition coefficient (Wildman–Crippen LogP) is 4.38. The molecule has 31 heavy (non-hydrogen) atoms. The molecule has 0 amide bonds.